The van der Waals surface area contributed by atoms with Crippen molar-refractivity contribution in [2.24, 2.45) is 0 Å². The van der Waals surface area contributed by atoms with Crippen molar-refractivity contribution < 1.29 is 5.11 Å². The molecule has 1 aromatic heterocycles. The highest BCUT2D eigenvalue weighted by molar-refractivity contribution is 7.16. The monoisotopic (exact) mass is 249 g/mol. The molecule has 1 aliphatic rings. The second kappa shape index (κ2) is 3.85. The molecule has 4 N–H and O–H groups in total. The van der Waals surface area contributed by atoms with Gasteiger partial charge in [0.25, 0.3) is 0 Å². The SMILES string of the molecule is Nc1c(NCC2(O)CCC2)ccc2scnc12. The van der Waals surface area contributed by atoms with Crippen LogP contribution in [-0.4, -0.2) is 22.2 Å². The molecule has 17 heavy (non-hydrogen) atoms. The number of aromatic nitrogens is 1. The van der Waals surface area contributed by atoms with Gasteiger partial charge in [0.1, 0.15) is 5.52 Å². The van der Waals surface area contributed by atoms with E-state index in [1.54, 1.807) is 16.8 Å². The topological polar surface area (TPSA) is 71.2 Å². The highest BCUT2D eigenvalue weighted by Gasteiger charge is 2.34. The number of nitrogens with zero attached hydrogens (tertiary/aromatic N) is 1. The summed E-state index contributed by atoms with van der Waals surface area (Å²) in [5.41, 5.74) is 9.70. The minimum Gasteiger partial charge on any atom is -0.395 e. The molecule has 1 heterocycles. The fourth-order valence-corrected chi connectivity index (χ4v) is 2.82. The third-order valence-corrected chi connectivity index (χ3v) is 4.23. The van der Waals surface area contributed by atoms with Crippen LogP contribution in [0.4, 0.5) is 11.4 Å². The average Bonchev–Trinajstić information content (AvgIpc) is 2.75. The van der Waals surface area contributed by atoms with Crippen LogP contribution in [0.5, 0.6) is 0 Å². The maximum Gasteiger partial charge on any atom is 0.106 e. The molecule has 0 amide bonds. The number of aliphatic hydroxyl groups is 1. The standard InChI is InChI=1S/C12H15N3OS/c13-10-8(14-6-12(16)4-1-5-12)2-3-9-11(10)15-7-17-9/h2-3,7,14,16H,1,4-6,13H2. The summed E-state index contributed by atoms with van der Waals surface area (Å²) in [5.74, 6) is 0. The Kier molecular flexibility index (Phi) is 2.45. The Balaban J connectivity index is 1.82. The van der Waals surface area contributed by atoms with E-state index in [1.165, 1.54) is 0 Å². The molecule has 4 nitrogen and oxygen atoms in total. The molecular formula is C12H15N3OS. The van der Waals surface area contributed by atoms with Crippen molar-refractivity contribution in [1.29, 1.82) is 0 Å². The predicted molar refractivity (Wildman–Crippen MR) is 71.3 cm³/mol. The number of anilines is 2. The molecule has 1 saturated carbocycles. The van der Waals surface area contributed by atoms with Crippen molar-refractivity contribution in [3.63, 3.8) is 0 Å². The van der Waals surface area contributed by atoms with Gasteiger partial charge in [-0.1, -0.05) is 0 Å². The Labute approximate surface area is 103 Å². The van der Waals surface area contributed by atoms with Crippen LogP contribution in [0.1, 0.15) is 19.3 Å². The van der Waals surface area contributed by atoms with E-state index in [9.17, 15) is 5.11 Å². The predicted octanol–water partition coefficient (Wildman–Crippen LogP) is 2.21. The Morgan fingerprint density at radius 1 is 1.47 bits per heavy atom. The number of rotatable bonds is 3. The van der Waals surface area contributed by atoms with E-state index in [2.05, 4.69) is 10.3 Å². The highest BCUT2D eigenvalue weighted by Crippen LogP contribution is 2.34. The normalized spacial score (nSPS) is 17.9. The Morgan fingerprint density at radius 3 is 3.00 bits per heavy atom. The minimum absolute atomic E-state index is 0.538. The van der Waals surface area contributed by atoms with Crippen molar-refractivity contribution in [2.75, 3.05) is 17.6 Å². The maximum absolute atomic E-state index is 10.0. The molecule has 1 aromatic carbocycles. The van der Waals surface area contributed by atoms with Crippen molar-refractivity contribution in [3.05, 3.63) is 17.6 Å². The van der Waals surface area contributed by atoms with E-state index in [4.69, 9.17) is 5.73 Å². The van der Waals surface area contributed by atoms with Gasteiger partial charge in [-0.15, -0.1) is 11.3 Å². The summed E-state index contributed by atoms with van der Waals surface area (Å²) in [6.45, 7) is 0.562. The summed E-state index contributed by atoms with van der Waals surface area (Å²) >= 11 is 1.58. The summed E-state index contributed by atoms with van der Waals surface area (Å²) in [6, 6.07) is 3.97. The van der Waals surface area contributed by atoms with E-state index in [0.717, 1.165) is 35.2 Å². The van der Waals surface area contributed by atoms with Crippen LogP contribution in [0, 0.1) is 0 Å². The molecule has 2 aromatic rings. The van der Waals surface area contributed by atoms with Gasteiger partial charge < -0.3 is 16.2 Å². The molecule has 1 fully saturated rings. The van der Waals surface area contributed by atoms with Crippen molar-refractivity contribution in [3.8, 4) is 0 Å². The zero-order valence-electron chi connectivity index (χ0n) is 9.44. The zero-order valence-corrected chi connectivity index (χ0v) is 10.3. The van der Waals surface area contributed by atoms with Gasteiger partial charge in [0, 0.05) is 6.54 Å². The van der Waals surface area contributed by atoms with Crippen LogP contribution >= 0.6 is 11.3 Å². The number of fused-ring (bicyclic) bond motifs is 1. The van der Waals surface area contributed by atoms with Crippen molar-refractivity contribution >= 4 is 32.9 Å². The van der Waals surface area contributed by atoms with E-state index >= 15 is 0 Å². The van der Waals surface area contributed by atoms with E-state index < -0.39 is 5.60 Å². The third-order valence-electron chi connectivity index (χ3n) is 3.43. The van der Waals surface area contributed by atoms with Gasteiger partial charge in [-0.25, -0.2) is 4.98 Å². The number of hydrogen-bond acceptors (Lipinski definition) is 5. The first-order valence-corrected chi connectivity index (χ1v) is 6.64. The van der Waals surface area contributed by atoms with Crippen LogP contribution in [0.3, 0.4) is 0 Å². The van der Waals surface area contributed by atoms with Gasteiger partial charge in [0.2, 0.25) is 0 Å². The van der Waals surface area contributed by atoms with Crippen molar-refractivity contribution in [1.82, 2.24) is 4.98 Å². The number of thiazole rings is 1. The highest BCUT2D eigenvalue weighted by atomic mass is 32.1. The fraction of sp³-hybridized carbons (Fsp3) is 0.417. The average molecular weight is 249 g/mol. The maximum atomic E-state index is 10.0. The molecule has 5 heteroatoms. The van der Waals surface area contributed by atoms with Gasteiger partial charge in [-0.05, 0) is 31.4 Å². The Morgan fingerprint density at radius 2 is 2.29 bits per heavy atom. The molecule has 0 saturated heterocycles. The van der Waals surface area contributed by atoms with Crippen LogP contribution in [0.25, 0.3) is 10.2 Å². The molecule has 0 spiro atoms. The molecule has 0 atom stereocenters. The van der Waals surface area contributed by atoms with Crippen LogP contribution in [0.2, 0.25) is 0 Å². The summed E-state index contributed by atoms with van der Waals surface area (Å²) < 4.78 is 1.09. The first-order valence-electron chi connectivity index (χ1n) is 5.76. The molecule has 0 unspecified atom stereocenters. The summed E-state index contributed by atoms with van der Waals surface area (Å²) in [7, 11) is 0. The first kappa shape index (κ1) is 10.8. The van der Waals surface area contributed by atoms with Gasteiger partial charge in [-0.2, -0.15) is 0 Å². The van der Waals surface area contributed by atoms with Gasteiger partial charge in [0.15, 0.2) is 0 Å². The lowest BCUT2D eigenvalue weighted by molar-refractivity contribution is -0.0201. The Bertz CT molecular complexity index is 548. The lowest BCUT2D eigenvalue weighted by atomic mass is 9.80. The fourth-order valence-electron chi connectivity index (χ4n) is 2.13. The smallest absolute Gasteiger partial charge is 0.106 e. The van der Waals surface area contributed by atoms with Crippen molar-refractivity contribution in [2.45, 2.75) is 24.9 Å². The lowest BCUT2D eigenvalue weighted by Gasteiger charge is -2.37. The minimum atomic E-state index is -0.538. The molecule has 1 aliphatic carbocycles. The Hall–Kier alpha value is -1.33. The summed E-state index contributed by atoms with van der Waals surface area (Å²) in [5, 5.41) is 13.2. The first-order chi connectivity index (χ1) is 8.18. The molecule has 0 aliphatic heterocycles. The molecule has 0 radical (unpaired) electrons. The van der Waals surface area contributed by atoms with E-state index in [1.807, 2.05) is 12.1 Å². The number of nitrogens with two attached hydrogens (primary N) is 1. The largest absolute Gasteiger partial charge is 0.395 e. The lowest BCUT2D eigenvalue weighted by Crippen LogP contribution is -2.43. The van der Waals surface area contributed by atoms with E-state index in [-0.39, 0.29) is 0 Å². The van der Waals surface area contributed by atoms with Gasteiger partial charge in [-0.3, -0.25) is 0 Å². The second-order valence-electron chi connectivity index (χ2n) is 4.66. The number of hydrogen-bond donors (Lipinski definition) is 3. The number of nitrogen functional groups attached to an aromatic ring is 1. The van der Waals surface area contributed by atoms with E-state index in [0.29, 0.717) is 12.2 Å². The quantitative estimate of drug-likeness (QED) is 0.729. The van der Waals surface area contributed by atoms with Crippen LogP contribution < -0.4 is 11.1 Å². The number of benzene rings is 1. The summed E-state index contributed by atoms with van der Waals surface area (Å²) in [6.07, 6.45) is 2.86. The molecular weight excluding hydrogens is 234 g/mol. The van der Waals surface area contributed by atoms with Crippen LogP contribution in [-0.2, 0) is 0 Å². The molecule has 90 valence electrons. The zero-order chi connectivity index (χ0) is 11.9. The summed E-state index contributed by atoms with van der Waals surface area (Å²) in [4.78, 5) is 4.25. The van der Waals surface area contributed by atoms with Gasteiger partial charge in [0.05, 0.1) is 27.2 Å². The molecule has 3 rings (SSSR count). The molecule has 0 bridgehead atoms. The second-order valence-corrected chi connectivity index (χ2v) is 5.54. The van der Waals surface area contributed by atoms with Crippen LogP contribution in [0.15, 0.2) is 17.6 Å². The number of nitrogens with one attached hydrogen (secondary N) is 1. The third kappa shape index (κ3) is 1.85. The van der Waals surface area contributed by atoms with Gasteiger partial charge >= 0.3 is 0 Å².